The molecule has 6 aromatic carbocycles. The van der Waals surface area contributed by atoms with Gasteiger partial charge in [-0.15, -0.1) is 12.8 Å². The molecule has 0 spiro atoms. The van der Waals surface area contributed by atoms with E-state index in [0.29, 0.717) is 90.8 Å². The van der Waals surface area contributed by atoms with Crippen molar-refractivity contribution >= 4 is 55.0 Å². The zero-order chi connectivity index (χ0) is 61.2. The van der Waals surface area contributed by atoms with Gasteiger partial charge in [-0.1, -0.05) is 43.0 Å². The van der Waals surface area contributed by atoms with Crippen molar-refractivity contribution in [3.05, 3.63) is 107 Å². The topological polar surface area (TPSA) is 166 Å². The third-order valence-corrected chi connectivity index (χ3v) is 18.4. The first-order chi connectivity index (χ1) is 42.6. The fourth-order valence-corrected chi connectivity index (χ4v) is 14.3. The molecule has 6 saturated heterocycles. The summed E-state index contributed by atoms with van der Waals surface area (Å²) in [7, 11) is 0. The largest absolute Gasteiger partial charge is 0.508 e. The van der Waals surface area contributed by atoms with Crippen LogP contribution in [0.1, 0.15) is 63.0 Å². The second kappa shape index (κ2) is 23.5. The highest BCUT2D eigenvalue weighted by Gasteiger charge is 2.51. The molecule has 8 heterocycles. The van der Waals surface area contributed by atoms with E-state index in [0.717, 1.165) is 45.2 Å². The Balaban J connectivity index is 0.000000162. The Morgan fingerprint density at radius 1 is 0.648 bits per heavy atom. The van der Waals surface area contributed by atoms with Crippen LogP contribution in [0, 0.1) is 59.3 Å². The first-order valence-corrected chi connectivity index (χ1v) is 29.6. The van der Waals surface area contributed by atoms with Crippen molar-refractivity contribution in [3.8, 4) is 76.5 Å². The van der Waals surface area contributed by atoms with Crippen LogP contribution in [0.15, 0.2) is 72.8 Å². The molecule has 6 aliphatic heterocycles. The molecule has 6 aliphatic rings. The molecule has 15 nitrogen and oxygen atoms in total. The minimum absolute atomic E-state index is 0.00422. The van der Waals surface area contributed by atoms with Crippen molar-refractivity contribution in [2.45, 2.75) is 87.4 Å². The molecular formula is C67H61F6N9O6. The lowest BCUT2D eigenvalue weighted by Crippen LogP contribution is -2.46. The number of hydrogen-bond donors (Lipinski definition) is 2. The number of phenols is 2. The molecule has 21 heteroatoms. The maximum absolute atomic E-state index is 16.8. The van der Waals surface area contributed by atoms with E-state index < -0.39 is 52.8 Å². The average Bonchev–Trinajstić information content (AvgIpc) is 1.29. The van der Waals surface area contributed by atoms with Crippen LogP contribution in [0.3, 0.4) is 0 Å². The van der Waals surface area contributed by atoms with E-state index in [1.54, 1.807) is 18.2 Å². The highest BCUT2D eigenvalue weighted by molar-refractivity contribution is 6.05. The minimum atomic E-state index is -0.946. The van der Waals surface area contributed by atoms with E-state index in [1.165, 1.54) is 54.6 Å². The first-order valence-electron chi connectivity index (χ1n) is 29.6. The number of phenolic OH excluding ortho intramolecular Hbond substituents is 2. The number of nitrogens with zero attached hydrogens (tertiary/aromatic N) is 9. The van der Waals surface area contributed by atoms with Crippen LogP contribution in [0.5, 0.6) is 23.5 Å². The molecule has 452 valence electrons. The number of ether oxygens (including phenoxy) is 4. The van der Waals surface area contributed by atoms with Crippen LogP contribution in [0.25, 0.3) is 65.6 Å². The highest BCUT2D eigenvalue weighted by atomic mass is 19.2. The molecule has 6 fully saturated rings. The molecule has 2 N–H and O–H groups in total. The van der Waals surface area contributed by atoms with Gasteiger partial charge in [-0.05, 0) is 116 Å². The normalized spacial score (nSPS) is 23.6. The Morgan fingerprint density at radius 2 is 1.17 bits per heavy atom. The maximum atomic E-state index is 16.8. The number of anilines is 2. The summed E-state index contributed by atoms with van der Waals surface area (Å²) in [5.74, 6) is 2.70. The van der Waals surface area contributed by atoms with Gasteiger partial charge in [0.2, 0.25) is 0 Å². The molecule has 88 heavy (non-hydrogen) atoms. The van der Waals surface area contributed by atoms with E-state index >= 15 is 8.78 Å². The van der Waals surface area contributed by atoms with Crippen molar-refractivity contribution < 1.29 is 55.5 Å². The van der Waals surface area contributed by atoms with Crippen molar-refractivity contribution in [2.75, 3.05) is 88.6 Å². The molecule has 0 saturated carbocycles. The van der Waals surface area contributed by atoms with Gasteiger partial charge in [0.1, 0.15) is 71.4 Å². The molecule has 14 rings (SSSR count). The van der Waals surface area contributed by atoms with E-state index in [2.05, 4.69) is 54.5 Å². The van der Waals surface area contributed by atoms with Gasteiger partial charge in [-0.2, -0.15) is 25.2 Å². The Hall–Kier alpha value is -8.65. The van der Waals surface area contributed by atoms with E-state index in [9.17, 15) is 33.0 Å². The van der Waals surface area contributed by atoms with Gasteiger partial charge in [-0.3, -0.25) is 9.80 Å². The molecule has 0 aliphatic carbocycles. The summed E-state index contributed by atoms with van der Waals surface area (Å²) in [5.41, 5.74) is -0.429. The third-order valence-electron chi connectivity index (χ3n) is 18.4. The Morgan fingerprint density at radius 3 is 1.68 bits per heavy atom. The molecule has 0 radical (unpaired) electrons. The maximum Gasteiger partial charge on any atom is 0.319 e. The van der Waals surface area contributed by atoms with E-state index in [-0.39, 0.29) is 106 Å². The molecule has 6 atom stereocenters. The molecular weight excluding hydrogens is 1140 g/mol. The molecule has 6 unspecified atom stereocenters. The SMILES string of the molecule is C#Cc1c(F)ccc2cc(O)cc(-c3ccc4c(N5CCOC(C#N)C5)nc(OCC56CCCN5CC(F)C6)nc4c3F)c12.C#Cc1c(F)ccc2cc(O)cc(-c3ccc4c(N5CCOCC5CC)nc(OCC56CCCN5CC(F)C6)nc4c3F)c12. The second-order valence-electron chi connectivity index (χ2n) is 23.6. The first kappa shape index (κ1) is 58.4. The van der Waals surface area contributed by atoms with Crippen LogP contribution in [-0.4, -0.2) is 154 Å². The van der Waals surface area contributed by atoms with Gasteiger partial charge in [0.05, 0.1) is 60.7 Å². The van der Waals surface area contributed by atoms with E-state index in [4.69, 9.17) is 36.8 Å². The van der Waals surface area contributed by atoms with Gasteiger partial charge < -0.3 is 39.0 Å². The molecule has 0 amide bonds. The lowest BCUT2D eigenvalue weighted by molar-refractivity contribution is 0.0760. The van der Waals surface area contributed by atoms with Crippen molar-refractivity contribution in [2.24, 2.45) is 0 Å². The number of aromatic hydroxyl groups is 2. The lowest BCUT2D eigenvalue weighted by atomic mass is 9.93. The summed E-state index contributed by atoms with van der Waals surface area (Å²) >= 11 is 0. The number of aromatic nitrogens is 4. The number of rotatable bonds is 11. The van der Waals surface area contributed by atoms with E-state index in [1.807, 2.05) is 4.90 Å². The molecule has 8 aromatic rings. The Kier molecular flexibility index (Phi) is 15.6. The fourth-order valence-electron chi connectivity index (χ4n) is 14.3. The number of benzene rings is 6. The highest BCUT2D eigenvalue weighted by Crippen LogP contribution is 2.46. The summed E-state index contributed by atoms with van der Waals surface area (Å²) in [6.45, 7) is 7.16. The van der Waals surface area contributed by atoms with Gasteiger partial charge in [0.15, 0.2) is 17.7 Å². The van der Waals surface area contributed by atoms with Gasteiger partial charge in [0, 0.05) is 71.7 Å². The monoisotopic (exact) mass is 1200 g/mol. The van der Waals surface area contributed by atoms with Gasteiger partial charge >= 0.3 is 12.0 Å². The average molecular weight is 1200 g/mol. The quantitative estimate of drug-likeness (QED) is 0.0927. The third kappa shape index (κ3) is 10.4. The van der Waals surface area contributed by atoms with Gasteiger partial charge in [0.25, 0.3) is 0 Å². The predicted octanol–water partition coefficient (Wildman–Crippen LogP) is 11.1. The molecule has 2 aromatic heterocycles. The Labute approximate surface area is 503 Å². The minimum Gasteiger partial charge on any atom is -0.508 e. The van der Waals surface area contributed by atoms with Crippen LogP contribution in [-0.2, 0) is 9.47 Å². The summed E-state index contributed by atoms with van der Waals surface area (Å²) in [5, 5.41) is 32.9. The number of alkyl halides is 2. The zero-order valence-corrected chi connectivity index (χ0v) is 48.1. The van der Waals surface area contributed by atoms with Crippen LogP contribution >= 0.6 is 0 Å². The second-order valence-corrected chi connectivity index (χ2v) is 23.6. The Bertz CT molecular complexity index is 4240. The zero-order valence-electron chi connectivity index (χ0n) is 48.1. The smallest absolute Gasteiger partial charge is 0.319 e. The number of nitriles is 1. The number of halogens is 6. The summed E-state index contributed by atoms with van der Waals surface area (Å²) in [6.07, 6.45) is 13.8. The number of hydrogen-bond acceptors (Lipinski definition) is 15. The van der Waals surface area contributed by atoms with Crippen molar-refractivity contribution in [3.63, 3.8) is 0 Å². The van der Waals surface area contributed by atoms with Crippen LogP contribution < -0.4 is 19.3 Å². The summed E-state index contributed by atoms with van der Waals surface area (Å²) in [4.78, 5) is 26.7. The number of fused-ring (bicyclic) bond motifs is 6. The lowest BCUT2D eigenvalue weighted by Gasteiger charge is -2.36. The van der Waals surface area contributed by atoms with Crippen LogP contribution in [0.4, 0.5) is 38.0 Å². The fraction of sp³-hybridized carbons (Fsp3) is 0.388. The summed E-state index contributed by atoms with van der Waals surface area (Å²) in [6, 6.07) is 19.6. The standard InChI is InChI=1S/C34H33F3N4O3.C33H28F3N5O3/c1-3-22-18-43-13-12-41(22)32-26-8-7-25(27-15-23(42)14-20-6-9-28(36)24(4-2)29(20)27)30(37)31(26)38-33(39-32)44-19-34-10-5-11-40(34)17-21(35)16-34;1-2-23-27(35)7-4-19-12-21(42)13-26(28(19)23)24-5-6-25-30(29(24)36)38-32(39-31(25)40-10-11-43-22(15-37)17-40)44-18-33-8-3-9-41(33)16-20(34)14-33/h2,6-9,14-15,21-22,42H,3,5,10-13,16-19H2,1H3;1,4-7,12-13,20,22,42H,3,8-11,14,16-18H2. The van der Waals surface area contributed by atoms with Gasteiger partial charge in [-0.25, -0.2) is 26.3 Å². The predicted molar refractivity (Wildman–Crippen MR) is 321 cm³/mol. The molecule has 0 bridgehead atoms. The van der Waals surface area contributed by atoms with Crippen LogP contribution in [0.2, 0.25) is 0 Å². The number of morpholine rings is 2. The van der Waals surface area contributed by atoms with Crippen molar-refractivity contribution in [1.82, 2.24) is 29.7 Å². The van der Waals surface area contributed by atoms with Crippen molar-refractivity contribution in [1.29, 1.82) is 5.26 Å². The number of terminal acetylenes is 2. The summed E-state index contributed by atoms with van der Waals surface area (Å²) < 4.78 is 116.